The molecule has 14 heavy (non-hydrogen) atoms. The SMILES string of the molecule is Cc1cccc(CNC2CC2C)c1O. The summed E-state index contributed by atoms with van der Waals surface area (Å²) in [6, 6.07) is 6.55. The van der Waals surface area contributed by atoms with Crippen LogP contribution >= 0.6 is 0 Å². The summed E-state index contributed by atoms with van der Waals surface area (Å²) in [7, 11) is 0. The second kappa shape index (κ2) is 3.62. The van der Waals surface area contributed by atoms with E-state index in [0.29, 0.717) is 11.8 Å². The summed E-state index contributed by atoms with van der Waals surface area (Å²) in [6.45, 7) is 4.95. The number of hydrogen-bond acceptors (Lipinski definition) is 2. The summed E-state index contributed by atoms with van der Waals surface area (Å²) < 4.78 is 0. The van der Waals surface area contributed by atoms with Crippen LogP contribution in [0.4, 0.5) is 0 Å². The van der Waals surface area contributed by atoms with Crippen LogP contribution in [0.1, 0.15) is 24.5 Å². The van der Waals surface area contributed by atoms with Gasteiger partial charge in [0.25, 0.3) is 0 Å². The highest BCUT2D eigenvalue weighted by molar-refractivity contribution is 5.39. The number of hydrogen-bond donors (Lipinski definition) is 2. The van der Waals surface area contributed by atoms with Gasteiger partial charge in [-0.05, 0) is 24.8 Å². The third kappa shape index (κ3) is 1.90. The molecule has 0 bridgehead atoms. The first-order valence-electron chi connectivity index (χ1n) is 5.19. The molecule has 0 amide bonds. The van der Waals surface area contributed by atoms with Gasteiger partial charge < -0.3 is 10.4 Å². The van der Waals surface area contributed by atoms with Crippen molar-refractivity contribution in [2.45, 2.75) is 32.9 Å². The van der Waals surface area contributed by atoms with Crippen LogP contribution in [0.15, 0.2) is 18.2 Å². The van der Waals surface area contributed by atoms with Crippen molar-refractivity contribution in [3.63, 3.8) is 0 Å². The zero-order chi connectivity index (χ0) is 10.1. The summed E-state index contributed by atoms with van der Waals surface area (Å²) in [5.41, 5.74) is 1.96. The van der Waals surface area contributed by atoms with Gasteiger partial charge in [0, 0.05) is 18.2 Å². The van der Waals surface area contributed by atoms with Crippen molar-refractivity contribution in [1.82, 2.24) is 5.32 Å². The van der Waals surface area contributed by atoms with E-state index in [1.54, 1.807) is 0 Å². The minimum atomic E-state index is 0.438. The van der Waals surface area contributed by atoms with Gasteiger partial charge in [-0.3, -0.25) is 0 Å². The maximum Gasteiger partial charge on any atom is 0.122 e. The number of phenolic OH excluding ortho intramolecular Hbond substituents is 1. The first-order valence-corrected chi connectivity index (χ1v) is 5.19. The van der Waals surface area contributed by atoms with Crippen LogP contribution in [0.2, 0.25) is 0 Å². The van der Waals surface area contributed by atoms with E-state index in [1.807, 2.05) is 25.1 Å². The molecule has 1 aliphatic carbocycles. The first kappa shape index (κ1) is 9.53. The minimum absolute atomic E-state index is 0.438. The Balaban J connectivity index is 1.98. The molecule has 2 unspecified atom stereocenters. The molecule has 0 heterocycles. The lowest BCUT2D eigenvalue weighted by Gasteiger charge is -2.07. The maximum absolute atomic E-state index is 9.76. The van der Waals surface area contributed by atoms with Crippen LogP contribution in [-0.4, -0.2) is 11.1 Å². The summed E-state index contributed by atoms with van der Waals surface area (Å²) in [4.78, 5) is 0. The van der Waals surface area contributed by atoms with Gasteiger partial charge in [0.15, 0.2) is 0 Å². The summed E-state index contributed by atoms with van der Waals surface area (Å²) >= 11 is 0. The smallest absolute Gasteiger partial charge is 0.122 e. The zero-order valence-corrected chi connectivity index (χ0v) is 8.75. The Bertz CT molecular complexity index is 335. The van der Waals surface area contributed by atoms with Crippen molar-refractivity contribution < 1.29 is 5.11 Å². The van der Waals surface area contributed by atoms with E-state index in [2.05, 4.69) is 12.2 Å². The molecular formula is C12H17NO. The highest BCUT2D eigenvalue weighted by Gasteiger charge is 2.31. The van der Waals surface area contributed by atoms with Crippen LogP contribution in [0, 0.1) is 12.8 Å². The van der Waals surface area contributed by atoms with E-state index >= 15 is 0 Å². The minimum Gasteiger partial charge on any atom is -0.507 e. The zero-order valence-electron chi connectivity index (χ0n) is 8.75. The van der Waals surface area contributed by atoms with Crippen LogP contribution < -0.4 is 5.32 Å². The van der Waals surface area contributed by atoms with Crippen molar-refractivity contribution in [2.75, 3.05) is 0 Å². The number of benzene rings is 1. The fourth-order valence-corrected chi connectivity index (χ4v) is 1.71. The molecule has 0 aromatic heterocycles. The molecule has 1 aliphatic rings. The van der Waals surface area contributed by atoms with E-state index < -0.39 is 0 Å². The van der Waals surface area contributed by atoms with Gasteiger partial charge >= 0.3 is 0 Å². The van der Waals surface area contributed by atoms with E-state index in [1.165, 1.54) is 6.42 Å². The van der Waals surface area contributed by atoms with Gasteiger partial charge in [0.05, 0.1) is 0 Å². The molecule has 0 radical (unpaired) electrons. The molecule has 2 N–H and O–H groups in total. The molecule has 2 rings (SSSR count). The van der Waals surface area contributed by atoms with Crippen molar-refractivity contribution in [1.29, 1.82) is 0 Å². The third-order valence-corrected chi connectivity index (χ3v) is 2.99. The number of rotatable bonds is 3. The Morgan fingerprint density at radius 3 is 2.86 bits per heavy atom. The predicted octanol–water partition coefficient (Wildman–Crippen LogP) is 2.20. The molecule has 0 spiro atoms. The fraction of sp³-hybridized carbons (Fsp3) is 0.500. The number of aryl methyl sites for hydroxylation is 1. The first-order chi connectivity index (χ1) is 6.68. The van der Waals surface area contributed by atoms with Gasteiger partial charge in [0.2, 0.25) is 0 Å². The molecule has 76 valence electrons. The standard InChI is InChI=1S/C12H17NO/c1-8-4-3-5-10(12(8)14)7-13-11-6-9(11)2/h3-5,9,11,13-14H,6-7H2,1-2H3. The molecule has 0 saturated heterocycles. The molecule has 1 saturated carbocycles. The Labute approximate surface area is 85.0 Å². The van der Waals surface area contributed by atoms with Crippen molar-refractivity contribution in [2.24, 2.45) is 5.92 Å². The van der Waals surface area contributed by atoms with Crippen LogP contribution in [-0.2, 0) is 6.54 Å². The van der Waals surface area contributed by atoms with E-state index in [9.17, 15) is 5.11 Å². The highest BCUT2D eigenvalue weighted by atomic mass is 16.3. The molecule has 1 fully saturated rings. The van der Waals surface area contributed by atoms with Gasteiger partial charge in [-0.2, -0.15) is 0 Å². The summed E-state index contributed by atoms with van der Waals surface area (Å²) in [5.74, 6) is 1.25. The number of nitrogens with one attached hydrogen (secondary N) is 1. The normalized spacial score (nSPS) is 25.0. The number of para-hydroxylation sites is 1. The van der Waals surface area contributed by atoms with Crippen molar-refractivity contribution in [3.05, 3.63) is 29.3 Å². The van der Waals surface area contributed by atoms with E-state index in [4.69, 9.17) is 0 Å². The lowest BCUT2D eigenvalue weighted by molar-refractivity contribution is 0.459. The average Bonchev–Trinajstić information content (AvgIpc) is 2.85. The molecule has 2 nitrogen and oxygen atoms in total. The quantitative estimate of drug-likeness (QED) is 0.767. The predicted molar refractivity (Wildman–Crippen MR) is 57.3 cm³/mol. The van der Waals surface area contributed by atoms with E-state index in [-0.39, 0.29) is 0 Å². The number of phenols is 1. The van der Waals surface area contributed by atoms with Gasteiger partial charge in [-0.15, -0.1) is 0 Å². The third-order valence-electron chi connectivity index (χ3n) is 2.99. The molecule has 1 aromatic carbocycles. The van der Waals surface area contributed by atoms with Crippen molar-refractivity contribution in [3.8, 4) is 5.75 Å². The van der Waals surface area contributed by atoms with Crippen LogP contribution in [0.5, 0.6) is 5.75 Å². The molecule has 1 aromatic rings. The van der Waals surface area contributed by atoms with Crippen LogP contribution in [0.3, 0.4) is 0 Å². The molecule has 2 atom stereocenters. The largest absolute Gasteiger partial charge is 0.507 e. The second-order valence-electron chi connectivity index (χ2n) is 4.28. The number of aromatic hydroxyl groups is 1. The Morgan fingerprint density at radius 2 is 2.21 bits per heavy atom. The maximum atomic E-state index is 9.76. The van der Waals surface area contributed by atoms with Crippen molar-refractivity contribution >= 4 is 0 Å². The monoisotopic (exact) mass is 191 g/mol. The van der Waals surface area contributed by atoms with Gasteiger partial charge in [-0.25, -0.2) is 0 Å². The molecule has 2 heteroatoms. The van der Waals surface area contributed by atoms with Gasteiger partial charge in [0.1, 0.15) is 5.75 Å². The Kier molecular flexibility index (Phi) is 2.46. The molecule has 0 aliphatic heterocycles. The summed E-state index contributed by atoms with van der Waals surface area (Å²) in [6.07, 6.45) is 1.27. The lowest BCUT2D eigenvalue weighted by atomic mass is 10.1. The van der Waals surface area contributed by atoms with Crippen LogP contribution in [0.25, 0.3) is 0 Å². The highest BCUT2D eigenvalue weighted by Crippen LogP contribution is 2.30. The topological polar surface area (TPSA) is 32.3 Å². The lowest BCUT2D eigenvalue weighted by Crippen LogP contribution is -2.17. The average molecular weight is 191 g/mol. The Morgan fingerprint density at radius 1 is 1.50 bits per heavy atom. The molecular weight excluding hydrogens is 174 g/mol. The fourth-order valence-electron chi connectivity index (χ4n) is 1.71. The Hall–Kier alpha value is -1.02. The second-order valence-corrected chi connectivity index (χ2v) is 4.28. The van der Waals surface area contributed by atoms with E-state index in [0.717, 1.165) is 23.6 Å². The van der Waals surface area contributed by atoms with Gasteiger partial charge in [-0.1, -0.05) is 25.1 Å². The summed E-state index contributed by atoms with van der Waals surface area (Å²) in [5, 5.41) is 13.2.